The van der Waals surface area contributed by atoms with Crippen LogP contribution in [0.15, 0.2) is 48.5 Å². The molecule has 0 atom stereocenters. The molecule has 3 nitrogen and oxygen atoms in total. The van der Waals surface area contributed by atoms with E-state index in [2.05, 4.69) is 17.1 Å². The Balaban J connectivity index is 1.86. The van der Waals surface area contributed by atoms with E-state index in [9.17, 15) is 4.79 Å². The van der Waals surface area contributed by atoms with Gasteiger partial charge >= 0.3 is 0 Å². The molecule has 1 aliphatic rings. The predicted octanol–water partition coefficient (Wildman–Crippen LogP) is 4.05. The molecule has 3 aromatic rings. The van der Waals surface area contributed by atoms with E-state index in [0.717, 1.165) is 46.4 Å². The molecule has 23 heavy (non-hydrogen) atoms. The van der Waals surface area contributed by atoms with E-state index in [1.807, 2.05) is 55.1 Å². The van der Waals surface area contributed by atoms with Gasteiger partial charge in [0.1, 0.15) is 0 Å². The first-order chi connectivity index (χ1) is 11.1. The van der Waals surface area contributed by atoms with Gasteiger partial charge in [0.25, 0.3) is 5.91 Å². The Morgan fingerprint density at radius 1 is 1.09 bits per heavy atom. The molecule has 4 rings (SSSR count). The Morgan fingerprint density at radius 3 is 2.78 bits per heavy atom. The lowest BCUT2D eigenvalue weighted by atomic mass is 10.0. The first kappa shape index (κ1) is 13.9. The monoisotopic (exact) mass is 302 g/mol. The van der Waals surface area contributed by atoms with E-state index < -0.39 is 0 Å². The molecule has 1 aromatic heterocycles. The minimum absolute atomic E-state index is 0.0658. The maximum atomic E-state index is 13.2. The summed E-state index contributed by atoms with van der Waals surface area (Å²) in [5.41, 5.74) is 5.91. The number of para-hydroxylation sites is 1. The summed E-state index contributed by atoms with van der Waals surface area (Å²) in [5, 5.41) is 0.935. The molecule has 0 N–H and O–H groups in total. The molecule has 114 valence electrons. The van der Waals surface area contributed by atoms with Crippen LogP contribution in [0.3, 0.4) is 0 Å². The quantitative estimate of drug-likeness (QED) is 0.679. The van der Waals surface area contributed by atoms with Crippen molar-refractivity contribution in [2.75, 3.05) is 11.4 Å². The number of carbonyl (C=O) groups excluding carboxylic acids is 1. The lowest BCUT2D eigenvalue weighted by Gasteiger charge is -2.19. The van der Waals surface area contributed by atoms with Crippen molar-refractivity contribution in [1.82, 2.24) is 4.98 Å². The molecule has 0 aliphatic carbocycles. The topological polar surface area (TPSA) is 33.2 Å². The molecule has 0 saturated heterocycles. The number of pyridine rings is 1. The van der Waals surface area contributed by atoms with Crippen LogP contribution >= 0.6 is 0 Å². The third-order valence-corrected chi connectivity index (χ3v) is 4.45. The third-order valence-electron chi connectivity index (χ3n) is 4.45. The molecular weight excluding hydrogens is 284 g/mol. The van der Waals surface area contributed by atoms with Crippen molar-refractivity contribution in [2.45, 2.75) is 20.3 Å². The number of carbonyl (C=O) groups is 1. The molecule has 2 aromatic carbocycles. The number of hydrogen-bond acceptors (Lipinski definition) is 2. The number of nitrogens with zero attached hydrogens (tertiary/aromatic N) is 2. The number of fused-ring (bicyclic) bond motifs is 2. The largest absolute Gasteiger partial charge is 0.308 e. The number of amides is 1. The zero-order valence-electron chi connectivity index (χ0n) is 13.3. The van der Waals surface area contributed by atoms with E-state index in [0.29, 0.717) is 0 Å². The third kappa shape index (κ3) is 2.29. The van der Waals surface area contributed by atoms with E-state index >= 15 is 0 Å². The van der Waals surface area contributed by atoms with Gasteiger partial charge in [-0.3, -0.25) is 9.78 Å². The van der Waals surface area contributed by atoms with E-state index in [4.69, 9.17) is 0 Å². The van der Waals surface area contributed by atoms with Gasteiger partial charge in [-0.25, -0.2) is 0 Å². The van der Waals surface area contributed by atoms with Crippen LogP contribution in [0.2, 0.25) is 0 Å². The number of aryl methyl sites for hydroxylation is 2. The van der Waals surface area contributed by atoms with Gasteiger partial charge in [-0.2, -0.15) is 0 Å². The standard InChI is InChI=1S/C20H18N2O/c1-13-7-8-18-16(11-13)17(12-14(2)21-18)20(23)22-10-9-15-5-3-4-6-19(15)22/h3-8,11-12H,9-10H2,1-2H3. The maximum Gasteiger partial charge on any atom is 0.259 e. The fourth-order valence-electron chi connectivity index (χ4n) is 3.34. The van der Waals surface area contributed by atoms with Crippen molar-refractivity contribution in [1.29, 1.82) is 0 Å². The molecule has 0 bridgehead atoms. The number of rotatable bonds is 1. The average Bonchev–Trinajstić information content (AvgIpc) is 2.98. The number of hydrogen-bond donors (Lipinski definition) is 0. The number of anilines is 1. The van der Waals surface area contributed by atoms with Gasteiger partial charge in [0.2, 0.25) is 0 Å². The Hall–Kier alpha value is -2.68. The van der Waals surface area contributed by atoms with Crippen LogP contribution in [0.25, 0.3) is 10.9 Å². The molecular formula is C20H18N2O. The summed E-state index contributed by atoms with van der Waals surface area (Å²) in [7, 11) is 0. The van der Waals surface area contributed by atoms with E-state index in [1.165, 1.54) is 5.56 Å². The summed E-state index contributed by atoms with van der Waals surface area (Å²) in [6, 6.07) is 16.1. The maximum absolute atomic E-state index is 13.2. The average molecular weight is 302 g/mol. The minimum Gasteiger partial charge on any atom is -0.308 e. The smallest absolute Gasteiger partial charge is 0.259 e. The van der Waals surface area contributed by atoms with Gasteiger partial charge in [-0.1, -0.05) is 29.8 Å². The summed E-state index contributed by atoms with van der Waals surface area (Å²) in [6.07, 6.45) is 0.920. The second kappa shape index (κ2) is 5.20. The Labute approximate surface area is 135 Å². The van der Waals surface area contributed by atoms with Gasteiger partial charge < -0.3 is 4.90 Å². The summed E-state index contributed by atoms with van der Waals surface area (Å²) in [5.74, 6) is 0.0658. The van der Waals surface area contributed by atoms with Crippen LogP contribution in [0.4, 0.5) is 5.69 Å². The summed E-state index contributed by atoms with van der Waals surface area (Å²) in [4.78, 5) is 19.6. The highest BCUT2D eigenvalue weighted by Gasteiger charge is 2.26. The van der Waals surface area contributed by atoms with E-state index in [1.54, 1.807) is 0 Å². The molecule has 1 amide bonds. The summed E-state index contributed by atoms with van der Waals surface area (Å²) < 4.78 is 0. The fourth-order valence-corrected chi connectivity index (χ4v) is 3.34. The van der Waals surface area contributed by atoms with Crippen molar-refractivity contribution in [3.05, 3.63) is 70.9 Å². The highest BCUT2D eigenvalue weighted by molar-refractivity contribution is 6.14. The molecule has 1 aliphatic heterocycles. The van der Waals surface area contributed by atoms with Crippen molar-refractivity contribution in [2.24, 2.45) is 0 Å². The van der Waals surface area contributed by atoms with Crippen LogP contribution in [0.5, 0.6) is 0 Å². The summed E-state index contributed by atoms with van der Waals surface area (Å²) >= 11 is 0. The molecule has 3 heteroatoms. The van der Waals surface area contributed by atoms with Crippen LogP contribution in [-0.4, -0.2) is 17.4 Å². The molecule has 0 spiro atoms. The normalized spacial score (nSPS) is 13.4. The molecule has 0 saturated carbocycles. The van der Waals surface area contributed by atoms with Crippen LogP contribution in [0, 0.1) is 13.8 Å². The lowest BCUT2D eigenvalue weighted by Crippen LogP contribution is -2.29. The van der Waals surface area contributed by atoms with Crippen LogP contribution in [0.1, 0.15) is 27.2 Å². The zero-order chi connectivity index (χ0) is 16.0. The second-order valence-electron chi connectivity index (χ2n) is 6.17. The highest BCUT2D eigenvalue weighted by Crippen LogP contribution is 2.30. The second-order valence-corrected chi connectivity index (χ2v) is 6.17. The van der Waals surface area contributed by atoms with Crippen LogP contribution in [-0.2, 0) is 6.42 Å². The predicted molar refractivity (Wildman–Crippen MR) is 93.0 cm³/mol. The Bertz CT molecular complexity index is 930. The van der Waals surface area contributed by atoms with Crippen molar-refractivity contribution >= 4 is 22.5 Å². The van der Waals surface area contributed by atoms with Crippen molar-refractivity contribution < 1.29 is 4.79 Å². The van der Waals surface area contributed by atoms with Crippen molar-refractivity contribution in [3.63, 3.8) is 0 Å². The molecule has 0 unspecified atom stereocenters. The Morgan fingerprint density at radius 2 is 1.91 bits per heavy atom. The van der Waals surface area contributed by atoms with Gasteiger partial charge in [0, 0.05) is 23.3 Å². The van der Waals surface area contributed by atoms with E-state index in [-0.39, 0.29) is 5.91 Å². The Kier molecular flexibility index (Phi) is 3.15. The number of aromatic nitrogens is 1. The molecule has 2 heterocycles. The molecule has 0 radical (unpaired) electrons. The minimum atomic E-state index is 0.0658. The SMILES string of the molecule is Cc1ccc2nc(C)cc(C(=O)N3CCc4ccccc43)c2c1. The first-order valence-electron chi connectivity index (χ1n) is 7.91. The van der Waals surface area contributed by atoms with Gasteiger partial charge in [-0.15, -0.1) is 0 Å². The summed E-state index contributed by atoms with van der Waals surface area (Å²) in [6.45, 7) is 4.72. The van der Waals surface area contributed by atoms with Gasteiger partial charge in [-0.05, 0) is 50.1 Å². The lowest BCUT2D eigenvalue weighted by molar-refractivity contribution is 0.0991. The molecule has 0 fully saturated rings. The highest BCUT2D eigenvalue weighted by atomic mass is 16.2. The van der Waals surface area contributed by atoms with Gasteiger partial charge in [0.15, 0.2) is 0 Å². The first-order valence-corrected chi connectivity index (χ1v) is 7.91. The van der Waals surface area contributed by atoms with Crippen LogP contribution < -0.4 is 4.90 Å². The van der Waals surface area contributed by atoms with Gasteiger partial charge in [0.05, 0.1) is 11.1 Å². The zero-order valence-corrected chi connectivity index (χ0v) is 13.3. The number of benzene rings is 2. The fraction of sp³-hybridized carbons (Fsp3) is 0.200. The van der Waals surface area contributed by atoms with Crippen molar-refractivity contribution in [3.8, 4) is 0 Å².